The van der Waals surface area contributed by atoms with E-state index in [0.29, 0.717) is 6.61 Å². The molecule has 2 rings (SSSR count). The van der Waals surface area contributed by atoms with Gasteiger partial charge in [0, 0.05) is 12.6 Å². The molecule has 0 radical (unpaired) electrons. The molecule has 5 heteroatoms. The fraction of sp³-hybridized carbons (Fsp3) is 1.00. The van der Waals surface area contributed by atoms with Gasteiger partial charge in [0.05, 0.1) is 24.2 Å². The van der Waals surface area contributed by atoms with E-state index in [1.165, 1.54) is 0 Å². The molecule has 0 amide bonds. The molecule has 2 heterocycles. The molecule has 2 atom stereocenters. The van der Waals surface area contributed by atoms with E-state index in [0.717, 1.165) is 6.54 Å². The van der Waals surface area contributed by atoms with Crippen molar-refractivity contribution < 1.29 is 13.2 Å². The number of hydrogen-bond donors (Lipinski definition) is 1. The van der Waals surface area contributed by atoms with Crippen LogP contribution in [0.5, 0.6) is 0 Å². The summed E-state index contributed by atoms with van der Waals surface area (Å²) in [5.41, 5.74) is 0. The molecule has 64 valence electrons. The lowest BCUT2D eigenvalue weighted by Crippen LogP contribution is -2.47. The van der Waals surface area contributed by atoms with E-state index in [9.17, 15) is 8.42 Å². The molecule has 11 heavy (non-hydrogen) atoms. The first-order valence-corrected chi connectivity index (χ1v) is 5.55. The van der Waals surface area contributed by atoms with Crippen LogP contribution in [0.4, 0.5) is 0 Å². The molecule has 2 fully saturated rings. The normalized spacial score (nSPS) is 41.8. The quantitative estimate of drug-likeness (QED) is 0.503. The van der Waals surface area contributed by atoms with Crippen LogP contribution in [0.2, 0.25) is 0 Å². The van der Waals surface area contributed by atoms with Crippen LogP contribution in [0.15, 0.2) is 0 Å². The molecule has 2 aliphatic rings. The van der Waals surface area contributed by atoms with Crippen molar-refractivity contribution in [3.63, 3.8) is 0 Å². The number of morpholine rings is 1. The smallest absolute Gasteiger partial charge is 0.154 e. The lowest BCUT2D eigenvalue weighted by atomic mass is 10.2. The first kappa shape index (κ1) is 7.52. The van der Waals surface area contributed by atoms with Gasteiger partial charge in [-0.3, -0.25) is 0 Å². The summed E-state index contributed by atoms with van der Waals surface area (Å²) in [6.07, 6.45) is -0.0891. The van der Waals surface area contributed by atoms with Gasteiger partial charge in [-0.1, -0.05) is 0 Å². The molecule has 0 aliphatic carbocycles. The van der Waals surface area contributed by atoms with Crippen LogP contribution >= 0.6 is 0 Å². The summed E-state index contributed by atoms with van der Waals surface area (Å²) >= 11 is 0. The van der Waals surface area contributed by atoms with Crippen molar-refractivity contribution >= 4 is 9.84 Å². The zero-order valence-corrected chi connectivity index (χ0v) is 6.93. The predicted molar refractivity (Wildman–Crippen MR) is 40.2 cm³/mol. The van der Waals surface area contributed by atoms with E-state index in [2.05, 4.69) is 5.32 Å². The second-order valence-electron chi connectivity index (χ2n) is 3.05. The van der Waals surface area contributed by atoms with E-state index in [-0.39, 0.29) is 23.7 Å². The minimum Gasteiger partial charge on any atom is -0.374 e. The Bertz CT molecular complexity index is 229. The Balaban J connectivity index is 2.15. The summed E-state index contributed by atoms with van der Waals surface area (Å²) in [7, 11) is -2.82. The molecule has 4 nitrogen and oxygen atoms in total. The maximum atomic E-state index is 11.1. The summed E-state index contributed by atoms with van der Waals surface area (Å²) in [6.45, 7) is 1.41. The van der Waals surface area contributed by atoms with Gasteiger partial charge in [0.25, 0.3) is 0 Å². The fourth-order valence-corrected chi connectivity index (χ4v) is 3.47. The van der Waals surface area contributed by atoms with E-state index < -0.39 is 9.84 Å². The highest BCUT2D eigenvalue weighted by Crippen LogP contribution is 2.17. The number of ether oxygens (including phenoxy) is 1. The van der Waals surface area contributed by atoms with Gasteiger partial charge in [-0.05, 0) is 0 Å². The number of nitrogens with one attached hydrogen (secondary N) is 1. The number of fused-ring (bicyclic) bond motifs is 1. The number of rotatable bonds is 0. The van der Waals surface area contributed by atoms with Gasteiger partial charge >= 0.3 is 0 Å². The van der Waals surface area contributed by atoms with Gasteiger partial charge in [-0.15, -0.1) is 0 Å². The van der Waals surface area contributed by atoms with Crippen molar-refractivity contribution in [1.82, 2.24) is 5.32 Å². The monoisotopic (exact) mass is 177 g/mol. The molecule has 0 aromatic carbocycles. The van der Waals surface area contributed by atoms with Crippen LogP contribution in [0.3, 0.4) is 0 Å². The maximum Gasteiger partial charge on any atom is 0.154 e. The lowest BCUT2D eigenvalue weighted by Gasteiger charge is -2.25. The van der Waals surface area contributed by atoms with Gasteiger partial charge in [-0.25, -0.2) is 8.42 Å². The molecule has 2 saturated heterocycles. The Hall–Kier alpha value is -0.130. The minimum absolute atomic E-state index is 0.0498. The molecular weight excluding hydrogens is 166 g/mol. The first-order chi connectivity index (χ1) is 5.17. The van der Waals surface area contributed by atoms with Crippen molar-refractivity contribution in [1.29, 1.82) is 0 Å². The van der Waals surface area contributed by atoms with Crippen molar-refractivity contribution in [2.24, 2.45) is 0 Å². The van der Waals surface area contributed by atoms with Gasteiger partial charge in [0.2, 0.25) is 0 Å². The van der Waals surface area contributed by atoms with Crippen molar-refractivity contribution in [3.05, 3.63) is 0 Å². The molecule has 0 aromatic rings. The molecule has 0 spiro atoms. The first-order valence-electron chi connectivity index (χ1n) is 3.73. The minimum atomic E-state index is -2.82. The Morgan fingerprint density at radius 2 is 2.18 bits per heavy atom. The molecule has 1 N–H and O–H groups in total. The summed E-state index contributed by atoms with van der Waals surface area (Å²) in [4.78, 5) is 0. The Kier molecular flexibility index (Phi) is 1.66. The van der Waals surface area contributed by atoms with Gasteiger partial charge in [0.15, 0.2) is 9.84 Å². The zero-order chi connectivity index (χ0) is 7.90. The fourth-order valence-electron chi connectivity index (χ4n) is 1.62. The largest absolute Gasteiger partial charge is 0.374 e. The molecule has 0 bridgehead atoms. The van der Waals surface area contributed by atoms with Crippen molar-refractivity contribution in [2.45, 2.75) is 12.1 Å². The SMILES string of the molecule is O=S1(=O)C[C@H]2NCCO[C@@H]2C1. The van der Waals surface area contributed by atoms with E-state index in [4.69, 9.17) is 4.74 Å². The Labute approximate surface area is 65.8 Å². The van der Waals surface area contributed by atoms with Crippen LogP contribution in [-0.4, -0.2) is 45.2 Å². The van der Waals surface area contributed by atoms with Crippen LogP contribution in [0.1, 0.15) is 0 Å². The summed E-state index contributed by atoms with van der Waals surface area (Å²) < 4.78 is 27.4. The lowest BCUT2D eigenvalue weighted by molar-refractivity contribution is 0.0224. The molecular formula is C6H11NO3S. The van der Waals surface area contributed by atoms with Crippen molar-refractivity contribution in [3.8, 4) is 0 Å². The Morgan fingerprint density at radius 3 is 2.91 bits per heavy atom. The summed E-state index contributed by atoms with van der Waals surface area (Å²) in [5.74, 6) is 0.447. The second-order valence-corrected chi connectivity index (χ2v) is 5.20. The van der Waals surface area contributed by atoms with Gasteiger partial charge in [-0.2, -0.15) is 0 Å². The van der Waals surface area contributed by atoms with Gasteiger partial charge in [0.1, 0.15) is 0 Å². The highest BCUT2D eigenvalue weighted by atomic mass is 32.2. The standard InChI is InChI=1S/C6H11NO3S/c8-11(9)3-5-6(4-11)10-2-1-7-5/h5-7H,1-4H2/t5-,6-/m1/s1. The van der Waals surface area contributed by atoms with E-state index in [1.807, 2.05) is 0 Å². The average molecular weight is 177 g/mol. The molecule has 0 aromatic heterocycles. The number of hydrogen-bond acceptors (Lipinski definition) is 4. The average Bonchev–Trinajstić information content (AvgIpc) is 2.21. The molecule has 0 unspecified atom stereocenters. The van der Waals surface area contributed by atoms with E-state index in [1.54, 1.807) is 0 Å². The topological polar surface area (TPSA) is 55.4 Å². The third kappa shape index (κ3) is 1.40. The van der Waals surface area contributed by atoms with Crippen LogP contribution in [-0.2, 0) is 14.6 Å². The predicted octanol–water partition coefficient (Wildman–Crippen LogP) is -1.23. The summed E-state index contributed by atoms with van der Waals surface area (Å²) in [6, 6.07) is 0.0498. The third-order valence-electron chi connectivity index (χ3n) is 2.14. The zero-order valence-electron chi connectivity index (χ0n) is 6.12. The van der Waals surface area contributed by atoms with Crippen LogP contribution in [0, 0.1) is 0 Å². The molecule has 0 saturated carbocycles. The third-order valence-corrected chi connectivity index (χ3v) is 3.84. The number of sulfone groups is 1. The van der Waals surface area contributed by atoms with E-state index >= 15 is 0 Å². The van der Waals surface area contributed by atoms with Crippen LogP contribution < -0.4 is 5.32 Å². The van der Waals surface area contributed by atoms with Gasteiger partial charge < -0.3 is 10.1 Å². The molecule has 2 aliphatic heterocycles. The van der Waals surface area contributed by atoms with Crippen molar-refractivity contribution in [2.75, 3.05) is 24.7 Å². The Morgan fingerprint density at radius 1 is 1.36 bits per heavy atom. The highest BCUT2D eigenvalue weighted by molar-refractivity contribution is 7.91. The highest BCUT2D eigenvalue weighted by Gasteiger charge is 2.39. The second kappa shape index (κ2) is 2.43. The maximum absolute atomic E-state index is 11.1. The van der Waals surface area contributed by atoms with Crippen LogP contribution in [0.25, 0.3) is 0 Å². The summed E-state index contributed by atoms with van der Waals surface area (Å²) in [5, 5.41) is 3.13.